The van der Waals surface area contributed by atoms with Gasteiger partial charge in [0.15, 0.2) is 12.2 Å². The Morgan fingerprint density at radius 1 is 1.31 bits per heavy atom. The van der Waals surface area contributed by atoms with Gasteiger partial charge in [0.1, 0.15) is 5.60 Å². The van der Waals surface area contributed by atoms with Crippen LogP contribution in [-0.2, 0) is 10.3 Å². The number of rotatable bonds is 1. The number of nitrogens with two attached hydrogens (primary N) is 1. The van der Waals surface area contributed by atoms with Gasteiger partial charge in [-0.25, -0.2) is 4.98 Å². The zero-order chi connectivity index (χ0) is 10.5. The molecule has 4 nitrogen and oxygen atoms in total. The van der Waals surface area contributed by atoms with Crippen molar-refractivity contribution < 1.29 is 9.15 Å². The third-order valence-corrected chi connectivity index (χ3v) is 3.85. The van der Waals surface area contributed by atoms with Gasteiger partial charge in [-0.1, -0.05) is 0 Å². The van der Waals surface area contributed by atoms with Gasteiger partial charge in [-0.3, -0.25) is 0 Å². The molecule has 0 atom stereocenters. The van der Waals surface area contributed by atoms with Gasteiger partial charge in [0, 0.05) is 5.54 Å². The van der Waals surface area contributed by atoms with Crippen molar-refractivity contribution in [3.8, 4) is 0 Å². The molecule has 2 aliphatic heterocycles. The molecule has 2 saturated heterocycles. The van der Waals surface area contributed by atoms with Crippen molar-refractivity contribution in [2.24, 2.45) is 5.73 Å². The molecule has 5 heteroatoms. The summed E-state index contributed by atoms with van der Waals surface area (Å²) in [5.41, 5.74) is 6.80. The number of halogens is 1. The molecule has 0 amide bonds. The van der Waals surface area contributed by atoms with Crippen molar-refractivity contribution in [3.05, 3.63) is 17.8 Å². The SMILES string of the molecule is Cc1ncoc1C12CCC(N)(CC1)CO2.Cl. The Labute approximate surface area is 101 Å². The highest BCUT2D eigenvalue weighted by molar-refractivity contribution is 5.85. The summed E-state index contributed by atoms with van der Waals surface area (Å²) in [5.74, 6) is 0.907. The zero-order valence-electron chi connectivity index (χ0n) is 9.36. The van der Waals surface area contributed by atoms with Crippen molar-refractivity contribution in [3.63, 3.8) is 0 Å². The molecule has 0 aromatic carbocycles. The number of nitrogens with zero attached hydrogens (tertiary/aromatic N) is 1. The number of hydrogen-bond acceptors (Lipinski definition) is 4. The highest BCUT2D eigenvalue weighted by Gasteiger charge is 2.51. The molecule has 1 saturated carbocycles. The van der Waals surface area contributed by atoms with Crippen molar-refractivity contribution in [2.75, 3.05) is 6.61 Å². The van der Waals surface area contributed by atoms with Crippen LogP contribution in [0.2, 0.25) is 0 Å². The fourth-order valence-corrected chi connectivity index (χ4v) is 2.75. The lowest BCUT2D eigenvalue weighted by Gasteiger charge is -2.50. The second kappa shape index (κ2) is 3.72. The van der Waals surface area contributed by atoms with Gasteiger partial charge in [-0.15, -0.1) is 12.4 Å². The molecule has 3 fully saturated rings. The molecular weight excluding hydrogens is 228 g/mol. The highest BCUT2D eigenvalue weighted by atomic mass is 35.5. The van der Waals surface area contributed by atoms with Crippen molar-refractivity contribution >= 4 is 12.4 Å². The molecule has 2 bridgehead atoms. The van der Waals surface area contributed by atoms with E-state index in [4.69, 9.17) is 14.9 Å². The Kier molecular flexibility index (Phi) is 2.77. The molecule has 3 aliphatic rings. The average molecular weight is 245 g/mol. The summed E-state index contributed by atoms with van der Waals surface area (Å²) >= 11 is 0. The smallest absolute Gasteiger partial charge is 0.181 e. The Hall–Kier alpha value is -0.580. The van der Waals surface area contributed by atoms with E-state index in [0.29, 0.717) is 6.61 Å². The fraction of sp³-hybridized carbons (Fsp3) is 0.727. The van der Waals surface area contributed by atoms with Crippen LogP contribution in [0.3, 0.4) is 0 Å². The molecule has 1 aromatic rings. The number of hydrogen-bond donors (Lipinski definition) is 1. The predicted molar refractivity (Wildman–Crippen MR) is 61.5 cm³/mol. The molecule has 1 aromatic heterocycles. The molecule has 90 valence electrons. The summed E-state index contributed by atoms with van der Waals surface area (Å²) in [5, 5.41) is 0. The third-order valence-electron chi connectivity index (χ3n) is 3.85. The summed E-state index contributed by atoms with van der Waals surface area (Å²) in [4.78, 5) is 4.14. The van der Waals surface area contributed by atoms with E-state index in [9.17, 15) is 0 Å². The molecule has 1 aliphatic carbocycles. The topological polar surface area (TPSA) is 61.3 Å². The first-order chi connectivity index (χ1) is 7.14. The summed E-state index contributed by atoms with van der Waals surface area (Å²) in [6, 6.07) is 0. The Morgan fingerprint density at radius 2 is 2.00 bits per heavy atom. The molecule has 0 spiro atoms. The van der Waals surface area contributed by atoms with Gasteiger partial charge >= 0.3 is 0 Å². The minimum Gasteiger partial charge on any atom is -0.445 e. The van der Waals surface area contributed by atoms with E-state index in [-0.39, 0.29) is 23.5 Å². The average Bonchev–Trinajstić information content (AvgIpc) is 2.67. The lowest BCUT2D eigenvalue weighted by molar-refractivity contribution is -0.168. The van der Waals surface area contributed by atoms with Crippen LogP contribution in [0.25, 0.3) is 0 Å². The molecule has 3 heterocycles. The Morgan fingerprint density at radius 3 is 2.44 bits per heavy atom. The van der Waals surface area contributed by atoms with E-state index in [1.807, 2.05) is 6.92 Å². The molecule has 0 unspecified atom stereocenters. The zero-order valence-corrected chi connectivity index (χ0v) is 10.2. The number of ether oxygens (including phenoxy) is 1. The third kappa shape index (κ3) is 1.56. The number of aryl methyl sites for hydroxylation is 1. The summed E-state index contributed by atoms with van der Waals surface area (Å²) < 4.78 is 11.4. The molecule has 4 rings (SSSR count). The van der Waals surface area contributed by atoms with Crippen LogP contribution in [0.15, 0.2) is 10.8 Å². The van der Waals surface area contributed by atoms with Gasteiger partial charge in [-0.05, 0) is 32.6 Å². The summed E-state index contributed by atoms with van der Waals surface area (Å²) in [6.45, 7) is 2.61. The minimum absolute atomic E-state index is 0. The largest absolute Gasteiger partial charge is 0.445 e. The van der Waals surface area contributed by atoms with Crippen molar-refractivity contribution in [1.29, 1.82) is 0 Å². The van der Waals surface area contributed by atoms with Crippen LogP contribution in [0.1, 0.15) is 37.1 Å². The van der Waals surface area contributed by atoms with Crippen LogP contribution in [0, 0.1) is 6.92 Å². The van der Waals surface area contributed by atoms with E-state index in [1.165, 1.54) is 6.39 Å². The maximum atomic E-state index is 6.18. The van der Waals surface area contributed by atoms with Crippen molar-refractivity contribution in [2.45, 2.75) is 43.7 Å². The first kappa shape index (κ1) is 11.9. The second-order valence-electron chi connectivity index (χ2n) is 4.91. The monoisotopic (exact) mass is 244 g/mol. The lowest BCUT2D eigenvalue weighted by atomic mass is 9.70. The van der Waals surface area contributed by atoms with E-state index in [1.54, 1.807) is 0 Å². The molecular formula is C11H17ClN2O2. The molecule has 16 heavy (non-hydrogen) atoms. The fourth-order valence-electron chi connectivity index (χ4n) is 2.75. The van der Waals surface area contributed by atoms with Crippen LogP contribution >= 0.6 is 12.4 Å². The molecule has 0 radical (unpaired) electrons. The van der Waals surface area contributed by atoms with Gasteiger partial charge in [0.2, 0.25) is 0 Å². The Balaban J connectivity index is 0.000000963. The molecule has 2 N–H and O–H groups in total. The highest BCUT2D eigenvalue weighted by Crippen LogP contribution is 2.49. The van der Waals surface area contributed by atoms with Crippen molar-refractivity contribution in [1.82, 2.24) is 4.98 Å². The van der Waals surface area contributed by atoms with Gasteiger partial charge in [0.25, 0.3) is 0 Å². The van der Waals surface area contributed by atoms with E-state index >= 15 is 0 Å². The van der Waals surface area contributed by atoms with E-state index in [2.05, 4.69) is 4.98 Å². The Bertz CT molecular complexity index is 367. The maximum absolute atomic E-state index is 6.18. The van der Waals surface area contributed by atoms with Crippen LogP contribution < -0.4 is 5.73 Å². The van der Waals surface area contributed by atoms with E-state index in [0.717, 1.165) is 37.1 Å². The first-order valence-corrected chi connectivity index (χ1v) is 5.47. The number of fused-ring (bicyclic) bond motifs is 3. The second-order valence-corrected chi connectivity index (χ2v) is 4.91. The quantitative estimate of drug-likeness (QED) is 0.820. The van der Waals surface area contributed by atoms with Gasteiger partial charge in [-0.2, -0.15) is 0 Å². The number of oxazole rings is 1. The maximum Gasteiger partial charge on any atom is 0.181 e. The first-order valence-electron chi connectivity index (χ1n) is 5.47. The van der Waals surface area contributed by atoms with Gasteiger partial charge in [0.05, 0.1) is 12.3 Å². The van der Waals surface area contributed by atoms with E-state index < -0.39 is 0 Å². The number of aromatic nitrogens is 1. The van der Waals surface area contributed by atoms with Crippen LogP contribution in [0.4, 0.5) is 0 Å². The van der Waals surface area contributed by atoms with Crippen LogP contribution in [-0.4, -0.2) is 17.1 Å². The predicted octanol–water partition coefficient (Wildman–Crippen LogP) is 1.90. The normalized spacial score (nSPS) is 37.1. The van der Waals surface area contributed by atoms with Gasteiger partial charge < -0.3 is 14.9 Å². The summed E-state index contributed by atoms with van der Waals surface area (Å²) in [6.07, 6.45) is 5.46. The minimum atomic E-state index is -0.234. The summed E-state index contributed by atoms with van der Waals surface area (Å²) in [7, 11) is 0. The lowest BCUT2D eigenvalue weighted by Crippen LogP contribution is -2.58. The van der Waals surface area contributed by atoms with Crippen LogP contribution in [0.5, 0.6) is 0 Å². The standard InChI is InChI=1S/C11H16N2O2.ClH/c1-8-9(14-7-13-8)11-4-2-10(12,3-5-11)6-15-11;/h7H,2-6,12H2,1H3;1H.